The molecule has 0 spiro atoms. The molecule has 2 aliphatic carbocycles. The number of nitrogens with one attached hydrogen (secondary N) is 2. The molecule has 2 aliphatic rings. The molecule has 0 aliphatic heterocycles. The van der Waals surface area contributed by atoms with Gasteiger partial charge in [-0.3, -0.25) is 0 Å². The summed E-state index contributed by atoms with van der Waals surface area (Å²) >= 11 is 0. The van der Waals surface area contributed by atoms with E-state index in [1.807, 2.05) is 6.07 Å². The Labute approximate surface area is 146 Å². The lowest BCUT2D eigenvalue weighted by Gasteiger charge is -2.15. The molecule has 0 unspecified atom stereocenters. The topological polar surface area (TPSA) is 49.8 Å². The summed E-state index contributed by atoms with van der Waals surface area (Å²) in [5.41, 5.74) is 1.60. The Morgan fingerprint density at radius 2 is 1.64 bits per heavy atom. The Hall–Kier alpha value is -2.24. The van der Waals surface area contributed by atoms with Crippen molar-refractivity contribution < 1.29 is 8.78 Å². The minimum Gasteiger partial charge on any atom is -0.366 e. The van der Waals surface area contributed by atoms with Gasteiger partial charge in [0.1, 0.15) is 17.5 Å². The van der Waals surface area contributed by atoms with Gasteiger partial charge in [0, 0.05) is 30.6 Å². The van der Waals surface area contributed by atoms with Crippen molar-refractivity contribution in [2.75, 3.05) is 10.6 Å². The van der Waals surface area contributed by atoms with Crippen molar-refractivity contribution in [3.8, 4) is 0 Å². The van der Waals surface area contributed by atoms with Crippen molar-refractivity contribution in [2.24, 2.45) is 0 Å². The van der Waals surface area contributed by atoms with Crippen LogP contribution in [0.2, 0.25) is 0 Å². The van der Waals surface area contributed by atoms with E-state index in [0.29, 0.717) is 35.8 Å². The summed E-state index contributed by atoms with van der Waals surface area (Å²) < 4.78 is 26.6. The molecule has 4 rings (SSSR count). The van der Waals surface area contributed by atoms with Gasteiger partial charge in [0.2, 0.25) is 5.95 Å². The molecule has 0 atom stereocenters. The lowest BCUT2D eigenvalue weighted by atomic mass is 10.2. The predicted molar refractivity (Wildman–Crippen MR) is 93.6 cm³/mol. The van der Waals surface area contributed by atoms with Gasteiger partial charge in [-0.2, -0.15) is 4.98 Å². The van der Waals surface area contributed by atoms with Crippen LogP contribution in [0.4, 0.5) is 20.5 Å². The molecule has 4 nitrogen and oxygen atoms in total. The van der Waals surface area contributed by atoms with E-state index in [1.54, 1.807) is 0 Å². The summed E-state index contributed by atoms with van der Waals surface area (Å²) in [7, 11) is 0. The number of halogens is 2. The average molecular weight is 344 g/mol. The quantitative estimate of drug-likeness (QED) is 0.804. The third-order valence-corrected chi connectivity index (χ3v) is 4.83. The minimum absolute atomic E-state index is 0.318. The van der Waals surface area contributed by atoms with E-state index >= 15 is 0 Å². The number of anilines is 2. The first-order valence-corrected chi connectivity index (χ1v) is 9.00. The van der Waals surface area contributed by atoms with E-state index in [2.05, 4.69) is 20.6 Å². The molecule has 2 aromatic rings. The molecule has 1 heterocycles. The molecule has 0 amide bonds. The fourth-order valence-corrected chi connectivity index (χ4v) is 3.37. The van der Waals surface area contributed by atoms with Gasteiger partial charge in [0.05, 0.1) is 5.69 Å². The van der Waals surface area contributed by atoms with Crippen LogP contribution in [0.25, 0.3) is 0 Å². The fraction of sp³-hybridized carbons (Fsp3) is 0.474. The summed E-state index contributed by atoms with van der Waals surface area (Å²) in [5, 5.41) is 6.62. The van der Waals surface area contributed by atoms with Crippen LogP contribution in [0.15, 0.2) is 24.3 Å². The smallest absolute Gasteiger partial charge is 0.225 e. The van der Waals surface area contributed by atoms with Crippen molar-refractivity contribution >= 4 is 11.8 Å². The predicted octanol–water partition coefficient (Wildman–Crippen LogP) is 4.60. The first kappa shape index (κ1) is 16.2. The van der Waals surface area contributed by atoms with Gasteiger partial charge in [0.25, 0.3) is 0 Å². The normalized spacial score (nSPS) is 17.7. The van der Waals surface area contributed by atoms with E-state index in [0.717, 1.165) is 37.4 Å². The number of aromatic nitrogens is 2. The molecular formula is C19H22F2N4. The Kier molecular flexibility index (Phi) is 4.51. The Bertz CT molecular complexity index is 735. The third-order valence-electron chi connectivity index (χ3n) is 4.83. The van der Waals surface area contributed by atoms with Crippen LogP contribution >= 0.6 is 0 Å². The maximum atomic E-state index is 13.3. The Balaban J connectivity index is 1.50. The van der Waals surface area contributed by atoms with Gasteiger partial charge in [-0.05, 0) is 43.4 Å². The van der Waals surface area contributed by atoms with E-state index in [-0.39, 0.29) is 0 Å². The van der Waals surface area contributed by atoms with Gasteiger partial charge in [-0.25, -0.2) is 13.8 Å². The van der Waals surface area contributed by atoms with Gasteiger partial charge >= 0.3 is 0 Å². The summed E-state index contributed by atoms with van der Waals surface area (Å²) in [6.45, 7) is 0.318. The van der Waals surface area contributed by atoms with Crippen LogP contribution in [0.5, 0.6) is 0 Å². The van der Waals surface area contributed by atoms with E-state index in [1.165, 1.54) is 25.0 Å². The van der Waals surface area contributed by atoms with E-state index in [9.17, 15) is 8.78 Å². The average Bonchev–Trinajstić information content (AvgIpc) is 3.30. The number of benzene rings is 1. The molecule has 2 N–H and O–H groups in total. The first-order valence-electron chi connectivity index (χ1n) is 9.00. The summed E-state index contributed by atoms with van der Waals surface area (Å²) in [6.07, 6.45) is 7.13. The first-order chi connectivity index (χ1) is 12.2. The van der Waals surface area contributed by atoms with Crippen molar-refractivity contribution in [1.29, 1.82) is 0 Å². The van der Waals surface area contributed by atoms with Gasteiger partial charge in [-0.1, -0.05) is 12.8 Å². The highest BCUT2D eigenvalue weighted by Gasteiger charge is 2.26. The second-order valence-corrected chi connectivity index (χ2v) is 7.03. The number of nitrogens with zero attached hydrogens (tertiary/aromatic N) is 2. The second kappa shape index (κ2) is 6.94. The molecular weight excluding hydrogens is 322 g/mol. The maximum Gasteiger partial charge on any atom is 0.225 e. The van der Waals surface area contributed by atoms with Gasteiger partial charge < -0.3 is 10.6 Å². The lowest BCUT2D eigenvalue weighted by molar-refractivity contribution is 0.580. The summed E-state index contributed by atoms with van der Waals surface area (Å²) in [4.78, 5) is 9.21. The standard InChI is InChI=1S/C19H22F2N4/c20-14-7-12(8-15(21)9-14)11-22-18-10-17(13-5-6-13)24-19(25-18)23-16-3-1-2-4-16/h7-10,13,16H,1-6,11H2,(H2,22,23,24,25). The van der Waals surface area contributed by atoms with Crippen LogP contribution < -0.4 is 10.6 Å². The van der Waals surface area contributed by atoms with Crippen LogP contribution in [0.3, 0.4) is 0 Å². The minimum atomic E-state index is -0.568. The molecule has 25 heavy (non-hydrogen) atoms. The van der Waals surface area contributed by atoms with E-state index < -0.39 is 11.6 Å². The number of hydrogen-bond acceptors (Lipinski definition) is 4. The Morgan fingerprint density at radius 1 is 0.920 bits per heavy atom. The molecule has 1 aromatic heterocycles. The molecule has 132 valence electrons. The zero-order valence-corrected chi connectivity index (χ0v) is 14.1. The zero-order chi connectivity index (χ0) is 17.2. The Morgan fingerprint density at radius 3 is 2.32 bits per heavy atom. The van der Waals surface area contributed by atoms with Crippen molar-refractivity contribution in [1.82, 2.24) is 9.97 Å². The molecule has 1 aromatic carbocycles. The monoisotopic (exact) mass is 344 g/mol. The number of hydrogen-bond donors (Lipinski definition) is 2. The third kappa shape index (κ3) is 4.24. The van der Waals surface area contributed by atoms with Crippen LogP contribution in [-0.4, -0.2) is 16.0 Å². The summed E-state index contributed by atoms with van der Waals surface area (Å²) in [6, 6.07) is 5.93. The van der Waals surface area contributed by atoms with Crippen molar-refractivity contribution in [2.45, 2.75) is 57.0 Å². The molecule has 0 saturated heterocycles. The van der Waals surface area contributed by atoms with E-state index in [4.69, 9.17) is 0 Å². The SMILES string of the molecule is Fc1cc(F)cc(CNc2cc(C3CC3)nc(NC3CCCC3)n2)c1. The highest BCUT2D eigenvalue weighted by atomic mass is 19.1. The van der Waals surface area contributed by atoms with Gasteiger partial charge in [0.15, 0.2) is 0 Å². The largest absolute Gasteiger partial charge is 0.366 e. The molecule has 2 saturated carbocycles. The molecule has 0 bridgehead atoms. The van der Waals surface area contributed by atoms with Crippen LogP contribution in [0.1, 0.15) is 55.7 Å². The van der Waals surface area contributed by atoms with Gasteiger partial charge in [-0.15, -0.1) is 0 Å². The maximum absolute atomic E-state index is 13.3. The highest BCUT2D eigenvalue weighted by molar-refractivity contribution is 5.45. The zero-order valence-electron chi connectivity index (χ0n) is 14.1. The number of rotatable bonds is 6. The van der Waals surface area contributed by atoms with Crippen molar-refractivity contribution in [3.05, 3.63) is 47.2 Å². The summed E-state index contributed by atoms with van der Waals surface area (Å²) in [5.74, 6) is 0.731. The molecule has 0 radical (unpaired) electrons. The highest BCUT2D eigenvalue weighted by Crippen LogP contribution is 2.40. The second-order valence-electron chi connectivity index (χ2n) is 7.03. The molecule has 2 fully saturated rings. The van der Waals surface area contributed by atoms with Crippen LogP contribution in [0, 0.1) is 11.6 Å². The fourth-order valence-electron chi connectivity index (χ4n) is 3.37. The molecule has 6 heteroatoms. The van der Waals surface area contributed by atoms with Crippen molar-refractivity contribution in [3.63, 3.8) is 0 Å². The lowest BCUT2D eigenvalue weighted by Crippen LogP contribution is -2.18. The van der Waals surface area contributed by atoms with Crippen LogP contribution in [-0.2, 0) is 6.54 Å².